The second-order valence-electron chi connectivity index (χ2n) is 12.2. The number of fused-ring (bicyclic) bond motifs is 2. The third-order valence-corrected chi connectivity index (χ3v) is 10.7. The van der Waals surface area contributed by atoms with Gasteiger partial charge in [0.05, 0.1) is 16.8 Å². The maximum Gasteiger partial charge on any atom is 0.0956 e. The fourth-order valence-electron chi connectivity index (χ4n) is 8.67. The van der Waals surface area contributed by atoms with Gasteiger partial charge in [-0.15, -0.1) is 0 Å². The van der Waals surface area contributed by atoms with E-state index < -0.39 is 5.60 Å². The molecule has 2 aliphatic heterocycles. The van der Waals surface area contributed by atoms with Crippen molar-refractivity contribution in [2.45, 2.75) is 81.1 Å². The van der Waals surface area contributed by atoms with Crippen molar-refractivity contribution in [3.8, 4) is 0 Å². The molecule has 6 atom stereocenters. The molecule has 178 valence electrons. The molecule has 3 heterocycles. The van der Waals surface area contributed by atoms with E-state index in [1.54, 1.807) is 0 Å². The highest BCUT2D eigenvalue weighted by molar-refractivity contribution is 5.82. The minimum atomic E-state index is -0.837. The van der Waals surface area contributed by atoms with E-state index in [1.807, 2.05) is 18.5 Å². The third kappa shape index (κ3) is 2.52. The first kappa shape index (κ1) is 21.3. The van der Waals surface area contributed by atoms with Gasteiger partial charge in [-0.2, -0.15) is 0 Å². The van der Waals surface area contributed by atoms with E-state index >= 15 is 0 Å². The van der Waals surface area contributed by atoms with Crippen LogP contribution in [0.2, 0.25) is 0 Å². The lowest BCUT2D eigenvalue weighted by molar-refractivity contribution is -0.175. The first-order valence-electron chi connectivity index (χ1n) is 13.1. The van der Waals surface area contributed by atoms with Gasteiger partial charge in [0.2, 0.25) is 0 Å². The monoisotopic (exact) mass is 456 g/mol. The zero-order valence-corrected chi connectivity index (χ0v) is 20.7. The summed E-state index contributed by atoms with van der Waals surface area (Å²) in [6, 6.07) is 9.07. The largest absolute Gasteiger partial charge is 0.385 e. The van der Waals surface area contributed by atoms with Crippen molar-refractivity contribution in [1.29, 1.82) is 0 Å². The van der Waals surface area contributed by atoms with Gasteiger partial charge in [0, 0.05) is 35.2 Å². The number of aliphatic hydroxyl groups is 1. The lowest BCUT2D eigenvalue weighted by Gasteiger charge is -2.57. The molecule has 34 heavy (non-hydrogen) atoms. The molecule has 4 nitrogen and oxygen atoms in total. The number of benzene rings is 1. The van der Waals surface area contributed by atoms with Gasteiger partial charge in [0.15, 0.2) is 0 Å². The molecule has 2 saturated carbocycles. The molecule has 2 aromatic rings. The van der Waals surface area contributed by atoms with Crippen LogP contribution in [0.1, 0.15) is 63.9 Å². The Balaban J connectivity index is 1.30. The van der Waals surface area contributed by atoms with E-state index in [0.29, 0.717) is 12.0 Å². The maximum absolute atomic E-state index is 12.4. The topological polar surface area (TPSA) is 45.6 Å². The van der Waals surface area contributed by atoms with Crippen LogP contribution in [0.15, 0.2) is 60.0 Å². The normalized spacial score (nSPS) is 42.7. The molecule has 1 N–H and O–H groups in total. The quantitative estimate of drug-likeness (QED) is 0.647. The van der Waals surface area contributed by atoms with Crippen LogP contribution in [0.5, 0.6) is 0 Å². The average Bonchev–Trinajstić information content (AvgIpc) is 3.30. The zero-order chi connectivity index (χ0) is 23.3. The Bertz CT molecular complexity index is 1250. The number of nitrogens with zero attached hydrogens (tertiary/aromatic N) is 2. The highest BCUT2D eigenvalue weighted by Crippen LogP contribution is 2.71. The maximum atomic E-state index is 12.4. The van der Waals surface area contributed by atoms with Crippen LogP contribution >= 0.6 is 0 Å². The van der Waals surface area contributed by atoms with Crippen molar-refractivity contribution in [2.24, 2.45) is 11.3 Å². The molecular formula is C30H36N2O2. The first-order chi connectivity index (χ1) is 16.3. The number of rotatable bonds is 2. The van der Waals surface area contributed by atoms with Crippen molar-refractivity contribution in [3.05, 3.63) is 65.5 Å². The summed E-state index contributed by atoms with van der Waals surface area (Å²) in [5, 5.41) is 14.7. The van der Waals surface area contributed by atoms with Gasteiger partial charge < -0.3 is 14.7 Å². The lowest BCUT2D eigenvalue weighted by Crippen LogP contribution is -2.58. The van der Waals surface area contributed by atoms with Crippen LogP contribution in [0.4, 0.5) is 0 Å². The van der Waals surface area contributed by atoms with Crippen molar-refractivity contribution in [1.82, 2.24) is 9.88 Å². The van der Waals surface area contributed by atoms with Gasteiger partial charge in [-0.05, 0) is 99.7 Å². The van der Waals surface area contributed by atoms with Gasteiger partial charge in [-0.3, -0.25) is 4.98 Å². The summed E-state index contributed by atoms with van der Waals surface area (Å²) < 4.78 is 7.36. The number of hydrogen-bond donors (Lipinski definition) is 1. The molecule has 7 rings (SSSR count). The summed E-state index contributed by atoms with van der Waals surface area (Å²) in [7, 11) is 4.39. The van der Waals surface area contributed by atoms with Gasteiger partial charge >= 0.3 is 0 Å². The van der Waals surface area contributed by atoms with Gasteiger partial charge in [0.1, 0.15) is 0 Å². The Hall–Kier alpha value is -2.01. The molecule has 0 unspecified atom stereocenters. The fourth-order valence-corrected chi connectivity index (χ4v) is 8.67. The van der Waals surface area contributed by atoms with E-state index in [-0.39, 0.29) is 16.6 Å². The second-order valence-corrected chi connectivity index (χ2v) is 12.2. The predicted molar refractivity (Wildman–Crippen MR) is 134 cm³/mol. The zero-order valence-electron chi connectivity index (χ0n) is 20.7. The molecule has 5 aliphatic rings. The minimum absolute atomic E-state index is 0.135. The summed E-state index contributed by atoms with van der Waals surface area (Å²) in [5.74, 6) is 0.343. The third-order valence-electron chi connectivity index (χ3n) is 10.7. The van der Waals surface area contributed by atoms with E-state index in [4.69, 9.17) is 4.74 Å². The van der Waals surface area contributed by atoms with Crippen molar-refractivity contribution in [3.63, 3.8) is 0 Å². The highest BCUT2D eigenvalue weighted by Gasteiger charge is 2.70. The van der Waals surface area contributed by atoms with Crippen LogP contribution in [-0.2, 0) is 10.3 Å². The van der Waals surface area contributed by atoms with E-state index in [2.05, 4.69) is 61.3 Å². The molecule has 2 bridgehead atoms. The van der Waals surface area contributed by atoms with Gasteiger partial charge in [0.25, 0.3) is 0 Å². The van der Waals surface area contributed by atoms with Crippen LogP contribution in [0.3, 0.4) is 0 Å². The Morgan fingerprint density at radius 2 is 1.97 bits per heavy atom. The van der Waals surface area contributed by atoms with E-state index in [1.165, 1.54) is 16.5 Å². The Morgan fingerprint density at radius 3 is 2.82 bits per heavy atom. The van der Waals surface area contributed by atoms with E-state index in [0.717, 1.165) is 62.3 Å². The molecule has 2 spiro atoms. The standard InChI is InChI=1S/C30H36N2O2/c1-27-11-8-23-17-22-6-7-25(32(2)3)18-28(22)13-14-29(23,34-28)26(27)9-12-30(27,33)24-5-4-20-10-15-31-19-21(20)16-24/h4-6,10,15-17,19,25-26,33H,7-9,11-14,18H2,1-3H3/t25-,26-,27+,28-,29-,30-/m1/s1. The lowest BCUT2D eigenvalue weighted by atomic mass is 9.54. The summed E-state index contributed by atoms with van der Waals surface area (Å²) >= 11 is 0. The molecule has 4 heteroatoms. The van der Waals surface area contributed by atoms with Crippen LogP contribution in [-0.4, -0.2) is 46.3 Å². The number of ether oxygens (including phenoxy) is 1. The van der Waals surface area contributed by atoms with Crippen LogP contribution < -0.4 is 0 Å². The van der Waals surface area contributed by atoms with Gasteiger partial charge in [-0.25, -0.2) is 0 Å². The SMILES string of the molecule is CN(C)[C@@H]1CC=C2C=C3CC[C@@]4(C)[C@@H](CC[C@@]4(O)c4ccc5ccncc5c4)[C@@]34CC[C@]2(C1)O4. The summed E-state index contributed by atoms with van der Waals surface area (Å²) in [5.41, 5.74) is 2.61. The minimum Gasteiger partial charge on any atom is -0.385 e. The number of aromatic nitrogens is 1. The highest BCUT2D eigenvalue weighted by atomic mass is 16.5. The van der Waals surface area contributed by atoms with Crippen molar-refractivity contribution >= 4 is 10.8 Å². The molecule has 3 aliphatic carbocycles. The van der Waals surface area contributed by atoms with Crippen LogP contribution in [0.25, 0.3) is 10.8 Å². The fraction of sp³-hybridized carbons (Fsp3) is 0.567. The van der Waals surface area contributed by atoms with Crippen molar-refractivity contribution < 1.29 is 9.84 Å². The second kappa shape index (κ2) is 6.81. The molecular weight excluding hydrogens is 420 g/mol. The summed E-state index contributed by atoms with van der Waals surface area (Å²) in [6.45, 7) is 2.35. The Kier molecular flexibility index (Phi) is 4.26. The smallest absolute Gasteiger partial charge is 0.0956 e. The summed E-state index contributed by atoms with van der Waals surface area (Å²) in [6.07, 6.45) is 17.0. The van der Waals surface area contributed by atoms with Gasteiger partial charge in [-0.1, -0.05) is 31.2 Å². The van der Waals surface area contributed by atoms with Crippen LogP contribution in [0, 0.1) is 11.3 Å². The van der Waals surface area contributed by atoms with E-state index in [9.17, 15) is 5.11 Å². The molecule has 0 radical (unpaired) electrons. The van der Waals surface area contributed by atoms with Crippen molar-refractivity contribution in [2.75, 3.05) is 14.1 Å². The molecule has 0 amide bonds. The Labute approximate surface area is 202 Å². The molecule has 3 fully saturated rings. The first-order valence-corrected chi connectivity index (χ1v) is 13.1. The number of pyridine rings is 1. The molecule has 1 saturated heterocycles. The summed E-state index contributed by atoms with van der Waals surface area (Å²) in [4.78, 5) is 6.69. The number of hydrogen-bond acceptors (Lipinski definition) is 4. The molecule has 1 aromatic heterocycles. The predicted octanol–water partition coefficient (Wildman–Crippen LogP) is 5.51. The average molecular weight is 457 g/mol. The molecule has 1 aromatic carbocycles. The Morgan fingerprint density at radius 1 is 1.09 bits per heavy atom.